The van der Waals surface area contributed by atoms with E-state index in [2.05, 4.69) is 14.4 Å². The zero-order valence-electron chi connectivity index (χ0n) is 18.3. The molecule has 33 heavy (non-hydrogen) atoms. The van der Waals surface area contributed by atoms with E-state index in [4.69, 9.17) is 4.74 Å². The molecule has 1 heterocycles. The summed E-state index contributed by atoms with van der Waals surface area (Å²) in [5.41, 5.74) is 2.25. The quantitative estimate of drug-likeness (QED) is 0.428. The molecule has 1 unspecified atom stereocenters. The summed E-state index contributed by atoms with van der Waals surface area (Å²) in [5, 5.41) is 0.450. The summed E-state index contributed by atoms with van der Waals surface area (Å²) in [4.78, 5) is 3.05. The minimum absolute atomic E-state index is 0.0186. The summed E-state index contributed by atoms with van der Waals surface area (Å²) >= 11 is 0. The molecular weight excluding hydrogens is 455 g/mol. The van der Waals surface area contributed by atoms with E-state index < -0.39 is 27.7 Å². The molecule has 178 valence electrons. The molecule has 0 spiro atoms. The topological polar surface area (TPSA) is 83.2 Å². The van der Waals surface area contributed by atoms with Crippen molar-refractivity contribution >= 4 is 21.1 Å². The lowest BCUT2D eigenvalue weighted by Crippen LogP contribution is -2.45. The van der Waals surface area contributed by atoms with Gasteiger partial charge in [0.05, 0.1) is 17.8 Å². The van der Waals surface area contributed by atoms with E-state index in [0.717, 1.165) is 11.6 Å². The van der Waals surface area contributed by atoms with Gasteiger partial charge >= 0.3 is 0 Å². The first kappa shape index (κ1) is 23.7. The van der Waals surface area contributed by atoms with Gasteiger partial charge in [0, 0.05) is 31.1 Å². The zero-order chi connectivity index (χ0) is 23.8. The molecule has 3 N–H and O–H groups in total. The molecule has 4 rings (SSSR count). The molecule has 1 aliphatic carbocycles. The summed E-state index contributed by atoms with van der Waals surface area (Å²) in [6.07, 6.45) is 1.30. The Balaban J connectivity index is 1.53. The average Bonchev–Trinajstić information content (AvgIpc) is 3.06. The van der Waals surface area contributed by atoms with Crippen LogP contribution < -0.4 is 9.44 Å². The van der Waals surface area contributed by atoms with Crippen LogP contribution in [0.1, 0.15) is 31.2 Å². The minimum atomic E-state index is -3.67. The highest BCUT2D eigenvalue weighted by Gasteiger charge is 2.35. The molecule has 1 fully saturated rings. The lowest BCUT2D eigenvalue weighted by atomic mass is 9.70. The second-order valence-electron chi connectivity index (χ2n) is 8.59. The molecule has 0 aliphatic heterocycles. The van der Waals surface area contributed by atoms with Gasteiger partial charge in [0.15, 0.2) is 0 Å². The summed E-state index contributed by atoms with van der Waals surface area (Å²) in [6, 6.07) is 7.58. The number of benzene rings is 2. The highest BCUT2D eigenvalue weighted by molar-refractivity contribution is 7.87. The van der Waals surface area contributed by atoms with Crippen LogP contribution in [0.4, 0.5) is 13.2 Å². The third-order valence-electron chi connectivity index (χ3n) is 5.98. The maximum absolute atomic E-state index is 14.5. The van der Waals surface area contributed by atoms with Gasteiger partial charge in [-0.05, 0) is 73.1 Å². The van der Waals surface area contributed by atoms with E-state index in [1.807, 2.05) is 0 Å². The molecule has 1 aliphatic rings. The third kappa shape index (κ3) is 5.24. The van der Waals surface area contributed by atoms with Crippen LogP contribution in [-0.4, -0.2) is 39.7 Å². The lowest BCUT2D eigenvalue weighted by molar-refractivity contribution is 0.180. The Morgan fingerprint density at radius 2 is 1.82 bits per heavy atom. The number of aromatic amines is 1. The third-order valence-corrected chi connectivity index (χ3v) is 7.24. The highest BCUT2D eigenvalue weighted by Crippen LogP contribution is 2.48. The summed E-state index contributed by atoms with van der Waals surface area (Å²) in [7, 11) is -2.17. The standard InChI is InChI=1S/C23H26F3N3O3S/c1-13(12-32-2)29-33(30,31)27-11-14-7-16(8-14)21-19-9-18(25)10-20(26)23(19)28-22(21)15-3-5-17(24)6-4-15/h3-6,9-10,13-14,16,27-29H,7-8,11-12H2,1-2H3/t13?,14-,16-. The smallest absolute Gasteiger partial charge is 0.277 e. The minimum Gasteiger partial charge on any atom is -0.383 e. The van der Waals surface area contributed by atoms with E-state index in [-0.39, 0.29) is 36.5 Å². The Morgan fingerprint density at radius 1 is 1.12 bits per heavy atom. The number of hydrogen-bond donors (Lipinski definition) is 3. The fraction of sp³-hybridized carbons (Fsp3) is 0.391. The van der Waals surface area contributed by atoms with Gasteiger partial charge < -0.3 is 9.72 Å². The van der Waals surface area contributed by atoms with Crippen LogP contribution in [0.25, 0.3) is 22.2 Å². The number of ether oxygens (including phenoxy) is 1. The molecule has 0 bridgehead atoms. The molecule has 2 aromatic carbocycles. The Morgan fingerprint density at radius 3 is 2.48 bits per heavy atom. The van der Waals surface area contributed by atoms with Crippen LogP contribution in [-0.2, 0) is 14.9 Å². The number of fused-ring (bicyclic) bond motifs is 1. The van der Waals surface area contributed by atoms with Gasteiger partial charge in [0.25, 0.3) is 10.2 Å². The Kier molecular flexibility index (Phi) is 6.81. The van der Waals surface area contributed by atoms with Crippen LogP contribution >= 0.6 is 0 Å². The number of H-pyrrole nitrogens is 1. The van der Waals surface area contributed by atoms with Crippen molar-refractivity contribution in [3.63, 3.8) is 0 Å². The molecular formula is C23H26F3N3O3S. The van der Waals surface area contributed by atoms with Gasteiger partial charge in [-0.25, -0.2) is 17.9 Å². The van der Waals surface area contributed by atoms with Crippen molar-refractivity contribution < 1.29 is 26.3 Å². The van der Waals surface area contributed by atoms with Crippen molar-refractivity contribution in [2.75, 3.05) is 20.3 Å². The molecule has 10 heteroatoms. The largest absolute Gasteiger partial charge is 0.383 e. The van der Waals surface area contributed by atoms with E-state index in [0.29, 0.717) is 29.5 Å². The van der Waals surface area contributed by atoms with Crippen molar-refractivity contribution in [3.8, 4) is 11.3 Å². The zero-order valence-corrected chi connectivity index (χ0v) is 19.1. The van der Waals surface area contributed by atoms with Crippen molar-refractivity contribution in [1.82, 2.24) is 14.4 Å². The van der Waals surface area contributed by atoms with E-state index >= 15 is 0 Å². The van der Waals surface area contributed by atoms with Gasteiger partial charge in [0.2, 0.25) is 0 Å². The van der Waals surface area contributed by atoms with Crippen LogP contribution in [0.5, 0.6) is 0 Å². The Bertz CT molecular complexity index is 1240. The van der Waals surface area contributed by atoms with Crippen molar-refractivity contribution in [3.05, 3.63) is 59.4 Å². The maximum atomic E-state index is 14.5. The predicted molar refractivity (Wildman–Crippen MR) is 120 cm³/mol. The van der Waals surface area contributed by atoms with Crippen molar-refractivity contribution in [1.29, 1.82) is 0 Å². The van der Waals surface area contributed by atoms with Gasteiger partial charge in [0.1, 0.15) is 17.5 Å². The van der Waals surface area contributed by atoms with E-state index in [1.165, 1.54) is 25.3 Å². The van der Waals surface area contributed by atoms with Gasteiger partial charge in [-0.15, -0.1) is 0 Å². The molecule has 0 radical (unpaired) electrons. The first-order valence-electron chi connectivity index (χ1n) is 10.7. The number of rotatable bonds is 9. The van der Waals surface area contributed by atoms with Crippen molar-refractivity contribution in [2.45, 2.75) is 31.7 Å². The number of nitrogens with one attached hydrogen (secondary N) is 3. The Hall–Kier alpha value is -2.40. The SMILES string of the molecule is COCC(C)NS(=O)(=O)NC[C@H]1C[C@H](c2c(-c3ccc(F)cc3)[nH]c3c(F)cc(F)cc32)C1. The molecule has 0 amide bonds. The maximum Gasteiger partial charge on any atom is 0.277 e. The molecule has 6 nitrogen and oxygen atoms in total. The fourth-order valence-electron chi connectivity index (χ4n) is 4.46. The summed E-state index contributed by atoms with van der Waals surface area (Å²) in [6.45, 7) is 2.21. The lowest BCUT2D eigenvalue weighted by Gasteiger charge is -2.36. The average molecular weight is 482 g/mol. The summed E-state index contributed by atoms with van der Waals surface area (Å²) < 4.78 is 76.3. The van der Waals surface area contributed by atoms with Gasteiger partial charge in [-0.3, -0.25) is 0 Å². The number of halogens is 3. The normalized spacial score (nSPS) is 19.5. The predicted octanol–water partition coefficient (Wildman–Crippen LogP) is 4.20. The number of aromatic nitrogens is 1. The first-order valence-corrected chi connectivity index (χ1v) is 12.2. The first-order chi connectivity index (χ1) is 15.7. The van der Waals surface area contributed by atoms with E-state index in [1.54, 1.807) is 19.1 Å². The van der Waals surface area contributed by atoms with Crippen LogP contribution in [0.3, 0.4) is 0 Å². The van der Waals surface area contributed by atoms with Crippen LogP contribution in [0.2, 0.25) is 0 Å². The number of hydrogen-bond acceptors (Lipinski definition) is 3. The Labute approximate surface area is 190 Å². The van der Waals surface area contributed by atoms with E-state index in [9.17, 15) is 21.6 Å². The monoisotopic (exact) mass is 481 g/mol. The molecule has 3 aromatic rings. The van der Waals surface area contributed by atoms with Crippen LogP contribution in [0, 0.1) is 23.4 Å². The van der Waals surface area contributed by atoms with Crippen LogP contribution in [0.15, 0.2) is 36.4 Å². The molecule has 1 aromatic heterocycles. The molecule has 1 atom stereocenters. The molecule has 1 saturated carbocycles. The fourth-order valence-corrected chi connectivity index (χ4v) is 5.60. The second-order valence-corrected chi connectivity index (χ2v) is 10.1. The number of methoxy groups -OCH3 is 1. The molecule has 0 saturated heterocycles. The highest BCUT2D eigenvalue weighted by atomic mass is 32.2. The van der Waals surface area contributed by atoms with Gasteiger partial charge in [-0.1, -0.05) is 0 Å². The second kappa shape index (κ2) is 9.46. The van der Waals surface area contributed by atoms with Gasteiger partial charge in [-0.2, -0.15) is 13.1 Å². The van der Waals surface area contributed by atoms with Crippen molar-refractivity contribution in [2.24, 2.45) is 5.92 Å². The summed E-state index contributed by atoms with van der Waals surface area (Å²) in [5.74, 6) is -1.70.